The van der Waals surface area contributed by atoms with Crippen LogP contribution in [0.1, 0.15) is 27.9 Å². The number of alkyl halides is 3. The Balaban J connectivity index is 1.72. The fourth-order valence-electron chi connectivity index (χ4n) is 2.87. The second-order valence-corrected chi connectivity index (χ2v) is 9.26. The Morgan fingerprint density at radius 2 is 1.70 bits per heavy atom. The van der Waals surface area contributed by atoms with Gasteiger partial charge in [0.25, 0.3) is 5.91 Å². The van der Waals surface area contributed by atoms with Gasteiger partial charge in [0.2, 0.25) is 5.91 Å². The van der Waals surface area contributed by atoms with E-state index < -0.39 is 51.3 Å². The summed E-state index contributed by atoms with van der Waals surface area (Å²) in [5.41, 5.74) is -0.913. The number of benzene rings is 2. The minimum atomic E-state index is -4.84. The summed E-state index contributed by atoms with van der Waals surface area (Å²) in [5.74, 6) is -2.14. The highest BCUT2D eigenvalue weighted by molar-refractivity contribution is 7.91. The van der Waals surface area contributed by atoms with E-state index in [4.69, 9.17) is 4.42 Å². The van der Waals surface area contributed by atoms with Crippen molar-refractivity contribution in [1.82, 2.24) is 0 Å². The Kier molecular flexibility index (Phi) is 6.92. The van der Waals surface area contributed by atoms with E-state index in [9.17, 15) is 31.2 Å². The number of carbonyl (C=O) groups excluding carboxylic acids is 2. The number of amides is 2. The minimum absolute atomic E-state index is 0.0228. The largest absolute Gasteiger partial charge is 0.472 e. The van der Waals surface area contributed by atoms with Gasteiger partial charge in [0, 0.05) is 12.1 Å². The van der Waals surface area contributed by atoms with Crippen LogP contribution in [0.25, 0.3) is 0 Å². The number of sulfone groups is 1. The molecule has 0 aliphatic carbocycles. The highest BCUT2D eigenvalue weighted by Gasteiger charge is 2.34. The van der Waals surface area contributed by atoms with Crippen molar-refractivity contribution in [2.75, 3.05) is 16.4 Å². The molecule has 2 amide bonds. The first-order chi connectivity index (χ1) is 15.5. The number of anilines is 2. The molecule has 33 heavy (non-hydrogen) atoms. The van der Waals surface area contributed by atoms with Crippen molar-refractivity contribution >= 4 is 33.0 Å². The van der Waals surface area contributed by atoms with E-state index in [1.54, 1.807) is 19.1 Å². The number of nitrogens with one attached hydrogen (secondary N) is 2. The summed E-state index contributed by atoms with van der Waals surface area (Å²) in [6.07, 6.45) is -2.99. The molecule has 0 saturated carbocycles. The zero-order chi connectivity index (χ0) is 24.2. The summed E-state index contributed by atoms with van der Waals surface area (Å²) in [6.45, 7) is 1.79. The lowest BCUT2D eigenvalue weighted by Gasteiger charge is -2.16. The zero-order valence-corrected chi connectivity index (χ0v) is 18.1. The molecule has 0 aliphatic heterocycles. The molecule has 0 atom stereocenters. The molecule has 0 spiro atoms. The van der Waals surface area contributed by atoms with E-state index in [2.05, 4.69) is 10.6 Å². The SMILES string of the molecule is Cc1ccc(S(=O)(=O)CCC(=O)Nc2ccc(NC(=O)c3ccoc3)cc2C(F)(F)F)cc1. The number of rotatable bonds is 7. The van der Waals surface area contributed by atoms with Gasteiger partial charge in [-0.2, -0.15) is 13.2 Å². The molecule has 3 aromatic rings. The topological polar surface area (TPSA) is 105 Å². The third-order valence-electron chi connectivity index (χ3n) is 4.62. The third kappa shape index (κ3) is 6.22. The minimum Gasteiger partial charge on any atom is -0.472 e. The van der Waals surface area contributed by atoms with Gasteiger partial charge >= 0.3 is 6.18 Å². The lowest BCUT2D eigenvalue weighted by molar-refractivity contribution is -0.136. The lowest BCUT2D eigenvalue weighted by atomic mass is 10.1. The summed E-state index contributed by atoms with van der Waals surface area (Å²) in [7, 11) is -3.78. The van der Waals surface area contributed by atoms with E-state index >= 15 is 0 Å². The number of hydrogen-bond acceptors (Lipinski definition) is 5. The molecule has 1 heterocycles. The third-order valence-corrected chi connectivity index (χ3v) is 6.35. The van der Waals surface area contributed by atoms with E-state index in [1.807, 2.05) is 0 Å². The van der Waals surface area contributed by atoms with E-state index in [0.29, 0.717) is 6.07 Å². The smallest absolute Gasteiger partial charge is 0.418 e. The van der Waals surface area contributed by atoms with Gasteiger partial charge in [-0.15, -0.1) is 0 Å². The van der Waals surface area contributed by atoms with Crippen molar-refractivity contribution in [3.05, 3.63) is 77.7 Å². The molecular weight excluding hydrogens is 461 g/mol. The number of aryl methyl sites for hydroxylation is 1. The second-order valence-electron chi connectivity index (χ2n) is 7.15. The fourth-order valence-corrected chi connectivity index (χ4v) is 4.11. The average molecular weight is 480 g/mol. The monoisotopic (exact) mass is 480 g/mol. The predicted molar refractivity (Wildman–Crippen MR) is 115 cm³/mol. The average Bonchev–Trinajstić information content (AvgIpc) is 3.28. The maximum absolute atomic E-state index is 13.5. The molecule has 11 heteroatoms. The van der Waals surface area contributed by atoms with Crippen LogP contribution in [0.5, 0.6) is 0 Å². The van der Waals surface area contributed by atoms with E-state index in [0.717, 1.165) is 17.9 Å². The molecular formula is C22H19F3N2O5S. The fraction of sp³-hybridized carbons (Fsp3) is 0.182. The van der Waals surface area contributed by atoms with Crippen LogP contribution in [0, 0.1) is 6.92 Å². The van der Waals surface area contributed by atoms with Gasteiger partial charge in [-0.05, 0) is 43.3 Å². The molecule has 0 unspecified atom stereocenters. The number of halogens is 3. The maximum Gasteiger partial charge on any atom is 0.418 e. The summed E-state index contributed by atoms with van der Waals surface area (Å²) in [6, 6.07) is 10.2. The van der Waals surface area contributed by atoms with Crippen molar-refractivity contribution in [3.63, 3.8) is 0 Å². The Labute approximate surface area is 187 Å². The maximum atomic E-state index is 13.5. The van der Waals surface area contributed by atoms with Gasteiger partial charge < -0.3 is 15.1 Å². The number of carbonyl (C=O) groups is 2. The molecule has 7 nitrogen and oxygen atoms in total. The lowest BCUT2D eigenvalue weighted by Crippen LogP contribution is -2.20. The van der Waals surface area contributed by atoms with Crippen LogP contribution in [0.3, 0.4) is 0 Å². The highest BCUT2D eigenvalue weighted by Crippen LogP contribution is 2.36. The molecule has 1 aromatic heterocycles. The van der Waals surface area contributed by atoms with E-state index in [1.165, 1.54) is 30.5 Å². The summed E-state index contributed by atoms with van der Waals surface area (Å²) >= 11 is 0. The first-order valence-electron chi connectivity index (χ1n) is 9.60. The van der Waals surface area contributed by atoms with Crippen LogP contribution >= 0.6 is 0 Å². The van der Waals surface area contributed by atoms with Crippen LogP contribution in [0.4, 0.5) is 24.5 Å². The van der Waals surface area contributed by atoms with Gasteiger partial charge in [0.15, 0.2) is 9.84 Å². The van der Waals surface area contributed by atoms with Crippen LogP contribution in [-0.4, -0.2) is 26.0 Å². The molecule has 0 bridgehead atoms. The quantitative estimate of drug-likeness (QED) is 0.512. The molecule has 0 saturated heterocycles. The number of furan rings is 1. The van der Waals surface area contributed by atoms with Crippen LogP contribution in [0.2, 0.25) is 0 Å². The van der Waals surface area contributed by atoms with Crippen molar-refractivity contribution in [2.45, 2.75) is 24.4 Å². The van der Waals surface area contributed by atoms with E-state index in [-0.39, 0.29) is 16.1 Å². The second kappa shape index (κ2) is 9.49. The van der Waals surface area contributed by atoms with Crippen LogP contribution in [-0.2, 0) is 20.8 Å². The Morgan fingerprint density at radius 3 is 2.30 bits per heavy atom. The van der Waals surface area contributed by atoms with Crippen molar-refractivity contribution in [2.24, 2.45) is 0 Å². The normalized spacial score (nSPS) is 11.8. The molecule has 2 N–H and O–H groups in total. The first-order valence-corrected chi connectivity index (χ1v) is 11.2. The van der Waals surface area contributed by atoms with Gasteiger partial charge in [0.1, 0.15) is 6.26 Å². The van der Waals surface area contributed by atoms with Gasteiger partial charge in [-0.25, -0.2) is 8.42 Å². The molecule has 0 fully saturated rings. The first kappa shape index (κ1) is 24.1. The molecule has 0 radical (unpaired) electrons. The summed E-state index contributed by atoms with van der Waals surface area (Å²) in [5, 5.41) is 4.42. The van der Waals surface area contributed by atoms with Crippen molar-refractivity contribution in [3.8, 4) is 0 Å². The van der Waals surface area contributed by atoms with Crippen LogP contribution in [0.15, 0.2) is 70.4 Å². The standard InChI is InChI=1S/C22H19F3N2O5S/c1-14-2-5-17(6-3-14)33(30,31)11-9-20(28)27-19-7-4-16(12-18(19)22(23,24)25)26-21(29)15-8-10-32-13-15/h2-8,10,12-13H,9,11H2,1H3,(H,26,29)(H,27,28). The van der Waals surface area contributed by atoms with Crippen LogP contribution < -0.4 is 10.6 Å². The number of hydrogen-bond donors (Lipinski definition) is 2. The molecule has 0 aliphatic rings. The van der Waals surface area contributed by atoms with Gasteiger partial charge in [0.05, 0.1) is 33.7 Å². The Morgan fingerprint density at radius 1 is 1.00 bits per heavy atom. The van der Waals surface area contributed by atoms with Gasteiger partial charge in [-0.1, -0.05) is 17.7 Å². The molecule has 174 valence electrons. The Hall–Kier alpha value is -3.60. The highest BCUT2D eigenvalue weighted by atomic mass is 32.2. The predicted octanol–water partition coefficient (Wildman–Crippen LogP) is 4.66. The van der Waals surface area contributed by atoms with Gasteiger partial charge in [-0.3, -0.25) is 9.59 Å². The summed E-state index contributed by atoms with van der Waals surface area (Å²) < 4.78 is 70.1. The van der Waals surface area contributed by atoms with Crippen molar-refractivity contribution < 1.29 is 35.6 Å². The zero-order valence-electron chi connectivity index (χ0n) is 17.3. The summed E-state index contributed by atoms with van der Waals surface area (Å²) in [4.78, 5) is 24.3. The van der Waals surface area contributed by atoms with Crippen molar-refractivity contribution in [1.29, 1.82) is 0 Å². The molecule has 2 aromatic carbocycles. The Bertz CT molecular complexity index is 1250. The molecule has 3 rings (SSSR count).